The summed E-state index contributed by atoms with van der Waals surface area (Å²) in [6.07, 6.45) is -0.573. The summed E-state index contributed by atoms with van der Waals surface area (Å²) in [5, 5.41) is 12.0. The van der Waals surface area contributed by atoms with Gasteiger partial charge in [-0.05, 0) is 31.2 Å². The lowest BCUT2D eigenvalue weighted by Gasteiger charge is -2.38. The fourth-order valence-electron chi connectivity index (χ4n) is 2.68. The van der Waals surface area contributed by atoms with Crippen LogP contribution >= 0.6 is 0 Å². The summed E-state index contributed by atoms with van der Waals surface area (Å²) >= 11 is 0. The molecule has 0 saturated carbocycles. The Morgan fingerprint density at radius 1 is 0.955 bits per heavy atom. The van der Waals surface area contributed by atoms with Crippen LogP contribution in [-0.4, -0.2) is 16.2 Å². The zero-order valence-electron chi connectivity index (χ0n) is 12.1. The van der Waals surface area contributed by atoms with Gasteiger partial charge in [0.15, 0.2) is 17.6 Å². The molecule has 2 aromatic carbocycles. The first-order valence-electron chi connectivity index (χ1n) is 7.20. The standard InChI is InChI=1S/C18H15NO3/c1-12-18(20,22-16-9-5-4-8-15(16)21-12)17-11-10-13-6-2-3-7-14(13)19-17/h2-12,20H,1H3/t12-,18-/m1/s1. The van der Waals surface area contributed by atoms with Gasteiger partial charge < -0.3 is 14.6 Å². The lowest BCUT2D eigenvalue weighted by Crippen LogP contribution is -2.49. The number of rotatable bonds is 1. The molecule has 4 heteroatoms. The fourth-order valence-corrected chi connectivity index (χ4v) is 2.68. The molecule has 0 amide bonds. The Bertz CT molecular complexity index is 848. The van der Waals surface area contributed by atoms with Gasteiger partial charge in [0, 0.05) is 5.39 Å². The molecule has 0 unspecified atom stereocenters. The van der Waals surface area contributed by atoms with E-state index in [1.165, 1.54) is 0 Å². The number of hydrogen-bond acceptors (Lipinski definition) is 4. The first-order chi connectivity index (χ1) is 10.7. The van der Waals surface area contributed by atoms with Crippen LogP contribution in [0.1, 0.15) is 12.6 Å². The maximum Gasteiger partial charge on any atom is 0.289 e. The van der Waals surface area contributed by atoms with Crippen LogP contribution in [0.25, 0.3) is 10.9 Å². The number of hydrogen-bond donors (Lipinski definition) is 1. The molecule has 1 aromatic heterocycles. The van der Waals surface area contributed by atoms with Crippen molar-refractivity contribution < 1.29 is 14.6 Å². The van der Waals surface area contributed by atoms with Crippen molar-refractivity contribution in [3.8, 4) is 11.5 Å². The van der Waals surface area contributed by atoms with Crippen LogP contribution in [0.2, 0.25) is 0 Å². The number of nitrogens with zero attached hydrogens (tertiary/aromatic N) is 1. The van der Waals surface area contributed by atoms with Crippen molar-refractivity contribution in [3.63, 3.8) is 0 Å². The van der Waals surface area contributed by atoms with E-state index in [4.69, 9.17) is 9.47 Å². The summed E-state index contributed by atoms with van der Waals surface area (Å²) in [7, 11) is 0. The van der Waals surface area contributed by atoms with E-state index in [1.807, 2.05) is 48.5 Å². The van der Waals surface area contributed by atoms with E-state index in [0.717, 1.165) is 10.9 Å². The average molecular weight is 293 g/mol. The van der Waals surface area contributed by atoms with Crippen molar-refractivity contribution in [2.45, 2.75) is 18.8 Å². The zero-order chi connectivity index (χ0) is 15.2. The van der Waals surface area contributed by atoms with E-state index in [2.05, 4.69) is 4.98 Å². The summed E-state index contributed by atoms with van der Waals surface area (Å²) in [5.74, 6) is -0.475. The Balaban J connectivity index is 1.82. The first kappa shape index (κ1) is 13.1. The molecule has 3 aromatic rings. The van der Waals surface area contributed by atoms with Gasteiger partial charge in [-0.15, -0.1) is 0 Å². The van der Waals surface area contributed by atoms with Crippen molar-refractivity contribution in [1.29, 1.82) is 0 Å². The van der Waals surface area contributed by atoms with E-state index in [9.17, 15) is 5.11 Å². The Labute approximate surface area is 128 Å². The number of aromatic nitrogens is 1. The van der Waals surface area contributed by atoms with Gasteiger partial charge in [-0.1, -0.05) is 36.4 Å². The highest BCUT2D eigenvalue weighted by Crippen LogP contribution is 2.41. The van der Waals surface area contributed by atoms with E-state index < -0.39 is 11.9 Å². The molecule has 1 aliphatic heterocycles. The quantitative estimate of drug-likeness (QED) is 0.748. The molecule has 22 heavy (non-hydrogen) atoms. The number of pyridine rings is 1. The summed E-state index contributed by atoms with van der Waals surface area (Å²) in [4.78, 5) is 4.54. The summed E-state index contributed by atoms with van der Waals surface area (Å²) in [6.45, 7) is 1.77. The Kier molecular flexibility index (Phi) is 2.81. The molecule has 0 fully saturated rings. The number of para-hydroxylation sites is 3. The van der Waals surface area contributed by atoms with Gasteiger partial charge in [0.1, 0.15) is 5.69 Å². The van der Waals surface area contributed by atoms with Crippen molar-refractivity contribution in [1.82, 2.24) is 4.98 Å². The van der Waals surface area contributed by atoms with Crippen molar-refractivity contribution in [2.75, 3.05) is 0 Å². The predicted molar refractivity (Wildman–Crippen MR) is 82.8 cm³/mol. The summed E-state index contributed by atoms with van der Waals surface area (Å²) < 4.78 is 11.6. The van der Waals surface area contributed by atoms with E-state index in [-0.39, 0.29) is 0 Å². The highest BCUT2D eigenvalue weighted by atomic mass is 16.7. The van der Waals surface area contributed by atoms with Gasteiger partial charge in [0.25, 0.3) is 5.79 Å². The predicted octanol–water partition coefficient (Wildman–Crippen LogP) is 3.24. The summed E-state index contributed by atoms with van der Waals surface area (Å²) in [6, 6.07) is 18.8. The lowest BCUT2D eigenvalue weighted by atomic mass is 10.0. The fraction of sp³-hybridized carbons (Fsp3) is 0.167. The highest BCUT2D eigenvalue weighted by Gasteiger charge is 2.45. The maximum atomic E-state index is 11.0. The Morgan fingerprint density at radius 2 is 1.68 bits per heavy atom. The smallest absolute Gasteiger partial charge is 0.289 e. The minimum Gasteiger partial charge on any atom is -0.479 e. The Morgan fingerprint density at radius 3 is 2.55 bits per heavy atom. The van der Waals surface area contributed by atoms with Crippen LogP contribution in [0.5, 0.6) is 11.5 Å². The highest BCUT2D eigenvalue weighted by molar-refractivity contribution is 5.78. The van der Waals surface area contributed by atoms with Crippen LogP contribution in [0.4, 0.5) is 0 Å². The molecule has 1 N–H and O–H groups in total. The number of aliphatic hydroxyl groups is 1. The van der Waals surface area contributed by atoms with Crippen molar-refractivity contribution in [3.05, 3.63) is 66.4 Å². The van der Waals surface area contributed by atoms with Gasteiger partial charge in [-0.2, -0.15) is 0 Å². The molecule has 0 saturated heterocycles. The molecule has 2 heterocycles. The molecule has 4 nitrogen and oxygen atoms in total. The minimum atomic E-state index is -1.61. The SMILES string of the molecule is C[C@H]1Oc2ccccc2O[C@@]1(O)c1ccc2ccccc2n1. The monoisotopic (exact) mass is 293 g/mol. The van der Waals surface area contributed by atoms with Crippen LogP contribution in [-0.2, 0) is 5.79 Å². The number of benzene rings is 2. The molecule has 0 spiro atoms. The average Bonchev–Trinajstić information content (AvgIpc) is 2.55. The normalized spacial score (nSPS) is 23.5. The van der Waals surface area contributed by atoms with Crippen LogP contribution < -0.4 is 9.47 Å². The third-order valence-corrected chi connectivity index (χ3v) is 3.93. The van der Waals surface area contributed by atoms with Crippen LogP contribution in [0.15, 0.2) is 60.7 Å². The second kappa shape index (κ2) is 4.71. The molecule has 4 rings (SSSR count). The largest absolute Gasteiger partial charge is 0.479 e. The van der Waals surface area contributed by atoms with Crippen molar-refractivity contribution >= 4 is 10.9 Å². The number of ether oxygens (including phenoxy) is 2. The minimum absolute atomic E-state index is 0.438. The third kappa shape index (κ3) is 1.92. The molecule has 2 atom stereocenters. The second-order valence-electron chi connectivity index (χ2n) is 5.39. The Hall–Kier alpha value is -2.59. The molecular formula is C18H15NO3. The van der Waals surface area contributed by atoms with Gasteiger partial charge in [0.05, 0.1) is 5.52 Å². The molecule has 110 valence electrons. The van der Waals surface area contributed by atoms with Gasteiger partial charge in [-0.25, -0.2) is 4.98 Å². The molecular weight excluding hydrogens is 278 g/mol. The zero-order valence-corrected chi connectivity index (χ0v) is 12.1. The van der Waals surface area contributed by atoms with Gasteiger partial charge in [-0.3, -0.25) is 0 Å². The summed E-state index contributed by atoms with van der Waals surface area (Å²) in [5.41, 5.74) is 1.25. The van der Waals surface area contributed by atoms with Crippen LogP contribution in [0, 0.1) is 0 Å². The first-order valence-corrected chi connectivity index (χ1v) is 7.20. The van der Waals surface area contributed by atoms with E-state index >= 15 is 0 Å². The third-order valence-electron chi connectivity index (χ3n) is 3.93. The molecule has 0 radical (unpaired) electrons. The van der Waals surface area contributed by atoms with Gasteiger partial charge in [0.2, 0.25) is 0 Å². The lowest BCUT2D eigenvalue weighted by molar-refractivity contribution is -0.219. The topological polar surface area (TPSA) is 51.6 Å². The maximum absolute atomic E-state index is 11.0. The van der Waals surface area contributed by atoms with E-state index in [1.54, 1.807) is 19.1 Å². The van der Waals surface area contributed by atoms with E-state index in [0.29, 0.717) is 17.2 Å². The second-order valence-corrected chi connectivity index (χ2v) is 5.39. The number of fused-ring (bicyclic) bond motifs is 2. The molecule has 1 aliphatic rings. The van der Waals surface area contributed by atoms with Crippen molar-refractivity contribution in [2.24, 2.45) is 0 Å². The van der Waals surface area contributed by atoms with Gasteiger partial charge >= 0.3 is 0 Å². The molecule has 0 bridgehead atoms. The van der Waals surface area contributed by atoms with Crippen LogP contribution in [0.3, 0.4) is 0 Å². The molecule has 0 aliphatic carbocycles.